The van der Waals surface area contributed by atoms with Gasteiger partial charge < -0.3 is 15.7 Å². The lowest BCUT2D eigenvalue weighted by Gasteiger charge is -2.29. The number of hydrogen-bond donors (Lipinski definition) is 3. The molecule has 0 bridgehead atoms. The molecule has 2 aliphatic rings. The smallest absolute Gasteiger partial charge is 0.249 e. The van der Waals surface area contributed by atoms with E-state index in [1.54, 1.807) is 0 Å². The average molecular weight is 240 g/mol. The highest BCUT2D eigenvalue weighted by Crippen LogP contribution is 2.26. The fourth-order valence-corrected chi connectivity index (χ4v) is 2.92. The van der Waals surface area contributed by atoms with E-state index in [-0.39, 0.29) is 17.9 Å². The summed E-state index contributed by atoms with van der Waals surface area (Å²) in [5.41, 5.74) is 0. The minimum Gasteiger partial charge on any atom is -0.383 e. The third-order valence-electron chi connectivity index (χ3n) is 4.05. The Bertz CT molecular complexity index is 246. The van der Waals surface area contributed by atoms with Crippen molar-refractivity contribution >= 4 is 5.91 Å². The zero-order valence-electron chi connectivity index (χ0n) is 10.5. The molecule has 1 atom stereocenters. The number of rotatable bonds is 3. The molecule has 1 aliphatic carbocycles. The van der Waals surface area contributed by atoms with Crippen molar-refractivity contribution < 1.29 is 9.90 Å². The summed E-state index contributed by atoms with van der Waals surface area (Å²) in [5.74, 6) is 0.0364. The third-order valence-corrected chi connectivity index (χ3v) is 4.05. The number of carbonyl (C=O) groups excluding carboxylic acids is 1. The van der Waals surface area contributed by atoms with E-state index in [1.165, 1.54) is 6.42 Å². The van der Waals surface area contributed by atoms with Crippen molar-refractivity contribution in [2.75, 3.05) is 13.1 Å². The molecule has 4 heteroatoms. The maximum absolute atomic E-state index is 11.9. The Morgan fingerprint density at radius 2 is 1.76 bits per heavy atom. The van der Waals surface area contributed by atoms with Gasteiger partial charge in [-0.25, -0.2) is 0 Å². The van der Waals surface area contributed by atoms with E-state index < -0.39 is 6.10 Å². The van der Waals surface area contributed by atoms with Crippen LogP contribution in [0, 0.1) is 5.92 Å². The topological polar surface area (TPSA) is 61.4 Å². The third kappa shape index (κ3) is 3.68. The van der Waals surface area contributed by atoms with Gasteiger partial charge in [-0.2, -0.15) is 0 Å². The Kier molecular flexibility index (Phi) is 4.80. The highest BCUT2D eigenvalue weighted by Gasteiger charge is 2.28. The largest absolute Gasteiger partial charge is 0.383 e. The number of amides is 1. The van der Waals surface area contributed by atoms with Crippen molar-refractivity contribution in [3.05, 3.63) is 0 Å². The predicted octanol–water partition coefficient (Wildman–Crippen LogP) is 0.796. The zero-order valence-corrected chi connectivity index (χ0v) is 10.5. The second-order valence-electron chi connectivity index (χ2n) is 5.38. The molecule has 1 unspecified atom stereocenters. The number of aliphatic hydroxyl groups is 1. The summed E-state index contributed by atoms with van der Waals surface area (Å²) >= 11 is 0. The molecule has 1 amide bonds. The molecule has 4 nitrogen and oxygen atoms in total. The first-order valence-corrected chi connectivity index (χ1v) is 6.96. The molecular formula is C13H24N2O2. The van der Waals surface area contributed by atoms with Crippen molar-refractivity contribution in [2.45, 2.75) is 57.1 Å². The second-order valence-corrected chi connectivity index (χ2v) is 5.38. The lowest BCUT2D eigenvalue weighted by Crippen LogP contribution is -2.48. The van der Waals surface area contributed by atoms with Crippen LogP contribution in [0.1, 0.15) is 44.9 Å². The van der Waals surface area contributed by atoms with Crippen molar-refractivity contribution in [3.8, 4) is 0 Å². The van der Waals surface area contributed by atoms with E-state index in [1.807, 2.05) is 0 Å². The van der Waals surface area contributed by atoms with Gasteiger partial charge in [-0.1, -0.05) is 19.3 Å². The fourth-order valence-electron chi connectivity index (χ4n) is 2.92. The molecule has 3 N–H and O–H groups in total. The van der Waals surface area contributed by atoms with Gasteiger partial charge in [-0.15, -0.1) is 0 Å². The first kappa shape index (κ1) is 12.8. The van der Waals surface area contributed by atoms with Crippen molar-refractivity contribution in [1.82, 2.24) is 10.6 Å². The monoisotopic (exact) mass is 240 g/mol. The summed E-state index contributed by atoms with van der Waals surface area (Å²) in [4.78, 5) is 11.9. The molecule has 1 aliphatic heterocycles. The predicted molar refractivity (Wildman–Crippen MR) is 66.6 cm³/mol. The normalized spacial score (nSPS) is 25.5. The number of piperidine rings is 1. The van der Waals surface area contributed by atoms with Gasteiger partial charge >= 0.3 is 0 Å². The van der Waals surface area contributed by atoms with Gasteiger partial charge in [0.1, 0.15) is 6.10 Å². The van der Waals surface area contributed by atoms with Crippen LogP contribution in [0.5, 0.6) is 0 Å². The summed E-state index contributed by atoms with van der Waals surface area (Å²) in [6.45, 7) is 1.93. The van der Waals surface area contributed by atoms with Crippen LogP contribution in [0.25, 0.3) is 0 Å². The molecule has 17 heavy (non-hydrogen) atoms. The van der Waals surface area contributed by atoms with Crippen molar-refractivity contribution in [1.29, 1.82) is 0 Å². The lowest BCUT2D eigenvalue weighted by atomic mass is 9.85. The fraction of sp³-hybridized carbons (Fsp3) is 0.923. The molecule has 98 valence electrons. The van der Waals surface area contributed by atoms with Crippen molar-refractivity contribution in [3.63, 3.8) is 0 Å². The maximum Gasteiger partial charge on any atom is 0.249 e. The molecule has 2 fully saturated rings. The molecule has 1 heterocycles. The van der Waals surface area contributed by atoms with Gasteiger partial charge in [-0.05, 0) is 44.7 Å². The van der Waals surface area contributed by atoms with E-state index >= 15 is 0 Å². The molecule has 1 saturated heterocycles. The minimum atomic E-state index is -0.787. The molecule has 0 aromatic heterocycles. The number of carbonyl (C=O) groups is 1. The average Bonchev–Trinajstić information content (AvgIpc) is 2.40. The molecule has 2 rings (SSSR count). The zero-order chi connectivity index (χ0) is 12.1. The molecule has 0 aromatic carbocycles. The Balaban J connectivity index is 1.77. The molecule has 0 radical (unpaired) electrons. The highest BCUT2D eigenvalue weighted by molar-refractivity contribution is 5.81. The summed E-state index contributed by atoms with van der Waals surface area (Å²) in [6.07, 6.45) is 6.72. The summed E-state index contributed by atoms with van der Waals surface area (Å²) in [5, 5.41) is 16.3. The number of hydrogen-bond acceptors (Lipinski definition) is 3. The van der Waals surface area contributed by atoms with Gasteiger partial charge in [0, 0.05) is 6.04 Å². The van der Waals surface area contributed by atoms with Crippen LogP contribution in [0.2, 0.25) is 0 Å². The van der Waals surface area contributed by atoms with Crippen LogP contribution in [0.15, 0.2) is 0 Å². The quantitative estimate of drug-likeness (QED) is 0.683. The number of aliphatic hydroxyl groups excluding tert-OH is 1. The van der Waals surface area contributed by atoms with E-state index in [9.17, 15) is 9.90 Å². The Morgan fingerprint density at radius 1 is 1.12 bits per heavy atom. The van der Waals surface area contributed by atoms with E-state index in [0.29, 0.717) is 0 Å². The van der Waals surface area contributed by atoms with Crippen molar-refractivity contribution in [2.24, 2.45) is 5.92 Å². The number of nitrogens with one attached hydrogen (secondary N) is 2. The summed E-state index contributed by atoms with van der Waals surface area (Å²) in [7, 11) is 0. The Morgan fingerprint density at radius 3 is 2.41 bits per heavy atom. The van der Waals surface area contributed by atoms with E-state index in [0.717, 1.165) is 51.6 Å². The summed E-state index contributed by atoms with van der Waals surface area (Å²) in [6, 6.07) is 0.252. The van der Waals surface area contributed by atoms with Gasteiger partial charge in [0.2, 0.25) is 5.91 Å². The van der Waals surface area contributed by atoms with Gasteiger partial charge in [-0.3, -0.25) is 4.79 Å². The summed E-state index contributed by atoms with van der Waals surface area (Å²) < 4.78 is 0. The van der Waals surface area contributed by atoms with Gasteiger partial charge in [0.05, 0.1) is 0 Å². The molecule has 0 aromatic rings. The van der Waals surface area contributed by atoms with Crippen LogP contribution in [-0.2, 0) is 4.79 Å². The van der Waals surface area contributed by atoms with E-state index in [2.05, 4.69) is 10.6 Å². The van der Waals surface area contributed by atoms with Gasteiger partial charge in [0.25, 0.3) is 0 Å². The van der Waals surface area contributed by atoms with Crippen LogP contribution in [-0.4, -0.2) is 36.2 Å². The SMILES string of the molecule is O=C(NC1CCNCC1)C(O)C1CCCCC1. The molecule has 0 spiro atoms. The Hall–Kier alpha value is -0.610. The highest BCUT2D eigenvalue weighted by atomic mass is 16.3. The Labute approximate surface area is 103 Å². The second kappa shape index (κ2) is 6.36. The first-order chi connectivity index (χ1) is 8.27. The van der Waals surface area contributed by atoms with Crippen LogP contribution >= 0.6 is 0 Å². The van der Waals surface area contributed by atoms with Crippen LogP contribution in [0.3, 0.4) is 0 Å². The lowest BCUT2D eigenvalue weighted by molar-refractivity contribution is -0.133. The van der Waals surface area contributed by atoms with Gasteiger partial charge in [0.15, 0.2) is 0 Å². The first-order valence-electron chi connectivity index (χ1n) is 6.96. The van der Waals surface area contributed by atoms with Crippen LogP contribution < -0.4 is 10.6 Å². The van der Waals surface area contributed by atoms with E-state index in [4.69, 9.17) is 0 Å². The molecular weight excluding hydrogens is 216 g/mol. The van der Waals surface area contributed by atoms with Crippen LogP contribution in [0.4, 0.5) is 0 Å². The maximum atomic E-state index is 11.9. The molecule has 1 saturated carbocycles. The minimum absolute atomic E-state index is 0.149. The standard InChI is InChI=1S/C13H24N2O2/c16-12(10-4-2-1-3-5-10)13(17)15-11-6-8-14-9-7-11/h10-12,14,16H,1-9H2,(H,15,17).